The van der Waals surface area contributed by atoms with Gasteiger partial charge in [0.05, 0.1) is 35.3 Å². The number of nitrogens with one attached hydrogen (secondary N) is 1. The van der Waals surface area contributed by atoms with Crippen LogP contribution in [-0.4, -0.2) is 25.5 Å². The van der Waals surface area contributed by atoms with Crippen molar-refractivity contribution in [2.24, 2.45) is 0 Å². The molecule has 22 heavy (non-hydrogen) atoms. The zero-order valence-corrected chi connectivity index (χ0v) is 13.7. The number of benzene rings is 2. The fourth-order valence-corrected chi connectivity index (χ4v) is 3.26. The number of ether oxygens (including phenoxy) is 2. The van der Waals surface area contributed by atoms with E-state index in [-0.39, 0.29) is 0 Å². The molecular weight excluding hydrogens is 346 g/mol. The largest absolute Gasteiger partial charge is 0.496 e. The zero-order valence-electron chi connectivity index (χ0n) is 12.1. The van der Waals surface area contributed by atoms with Crippen LogP contribution in [0.25, 0.3) is 22.0 Å². The number of aromatic nitrogens is 1. The molecule has 1 heterocycles. The third-order valence-corrected chi connectivity index (χ3v) is 4.21. The molecule has 4 nitrogen and oxygen atoms in total. The molecule has 0 radical (unpaired) electrons. The lowest BCUT2D eigenvalue weighted by molar-refractivity contribution is 0.112. The first-order valence-corrected chi connectivity index (χ1v) is 7.47. The van der Waals surface area contributed by atoms with Gasteiger partial charge in [0.1, 0.15) is 11.5 Å². The molecule has 3 aromatic rings. The standard InChI is InChI=1S/C17H14BrNO3/c1-21-12-8-13(22-2)15-14(10-6-4-3-5-7-10)17(18)19-16(15)11(12)9-20/h3-9,19H,1-2H3. The Hall–Kier alpha value is -2.27. The van der Waals surface area contributed by atoms with Crippen LogP contribution in [0.5, 0.6) is 11.5 Å². The number of carbonyl (C=O) groups is 1. The van der Waals surface area contributed by atoms with Gasteiger partial charge in [0.15, 0.2) is 6.29 Å². The second-order valence-corrected chi connectivity index (χ2v) is 5.54. The Morgan fingerprint density at radius 1 is 1.09 bits per heavy atom. The first kappa shape index (κ1) is 14.7. The first-order chi connectivity index (χ1) is 10.7. The van der Waals surface area contributed by atoms with Crippen molar-refractivity contribution in [2.45, 2.75) is 0 Å². The fourth-order valence-electron chi connectivity index (χ4n) is 2.63. The Labute approximate surface area is 136 Å². The summed E-state index contributed by atoms with van der Waals surface area (Å²) >= 11 is 3.55. The molecule has 0 amide bonds. The van der Waals surface area contributed by atoms with Crippen molar-refractivity contribution in [1.29, 1.82) is 0 Å². The van der Waals surface area contributed by atoms with E-state index in [0.29, 0.717) is 22.6 Å². The summed E-state index contributed by atoms with van der Waals surface area (Å²) in [6, 6.07) is 11.7. The predicted molar refractivity (Wildman–Crippen MR) is 89.9 cm³/mol. The van der Waals surface area contributed by atoms with Crippen molar-refractivity contribution >= 4 is 33.1 Å². The van der Waals surface area contributed by atoms with Crippen molar-refractivity contribution in [3.63, 3.8) is 0 Å². The second-order valence-electron chi connectivity index (χ2n) is 4.74. The molecule has 0 unspecified atom stereocenters. The summed E-state index contributed by atoms with van der Waals surface area (Å²) in [5.74, 6) is 1.13. The van der Waals surface area contributed by atoms with Crippen LogP contribution in [-0.2, 0) is 0 Å². The van der Waals surface area contributed by atoms with E-state index >= 15 is 0 Å². The number of fused-ring (bicyclic) bond motifs is 1. The molecule has 112 valence electrons. The Morgan fingerprint density at radius 2 is 1.77 bits per heavy atom. The van der Waals surface area contributed by atoms with Gasteiger partial charge < -0.3 is 14.5 Å². The molecule has 0 aliphatic heterocycles. The molecule has 1 aromatic heterocycles. The van der Waals surface area contributed by atoms with E-state index in [2.05, 4.69) is 20.9 Å². The normalized spacial score (nSPS) is 10.7. The van der Waals surface area contributed by atoms with Crippen LogP contribution in [0, 0.1) is 0 Å². The van der Waals surface area contributed by atoms with Crippen LogP contribution in [0.2, 0.25) is 0 Å². The van der Waals surface area contributed by atoms with E-state index in [1.165, 1.54) is 7.11 Å². The molecule has 0 bridgehead atoms. The van der Waals surface area contributed by atoms with Gasteiger partial charge in [0, 0.05) is 11.6 Å². The number of halogens is 1. The molecular formula is C17H14BrNO3. The van der Waals surface area contributed by atoms with Crippen molar-refractivity contribution in [3.05, 3.63) is 46.6 Å². The number of carbonyl (C=O) groups excluding carboxylic acids is 1. The maximum absolute atomic E-state index is 11.5. The molecule has 0 atom stereocenters. The molecule has 0 aliphatic rings. The third kappa shape index (κ3) is 2.18. The highest BCUT2D eigenvalue weighted by molar-refractivity contribution is 9.10. The highest BCUT2D eigenvalue weighted by atomic mass is 79.9. The molecule has 0 saturated heterocycles. The van der Waals surface area contributed by atoms with Gasteiger partial charge in [-0.15, -0.1) is 0 Å². The molecule has 3 rings (SSSR count). The molecule has 0 saturated carbocycles. The first-order valence-electron chi connectivity index (χ1n) is 6.68. The SMILES string of the molecule is COc1cc(OC)c2c(-c3ccccc3)c(Br)[nH]c2c1C=O. The average molecular weight is 360 g/mol. The van der Waals surface area contributed by atoms with Crippen molar-refractivity contribution in [2.75, 3.05) is 14.2 Å². The topological polar surface area (TPSA) is 51.3 Å². The zero-order chi connectivity index (χ0) is 15.7. The maximum atomic E-state index is 11.5. The number of aromatic amines is 1. The molecule has 1 N–H and O–H groups in total. The number of H-pyrrole nitrogens is 1. The van der Waals surface area contributed by atoms with Gasteiger partial charge >= 0.3 is 0 Å². The lowest BCUT2D eigenvalue weighted by Gasteiger charge is -2.10. The van der Waals surface area contributed by atoms with E-state index in [1.54, 1.807) is 13.2 Å². The number of aldehydes is 1. The summed E-state index contributed by atoms with van der Waals surface area (Å²) in [4.78, 5) is 14.7. The summed E-state index contributed by atoms with van der Waals surface area (Å²) in [6.45, 7) is 0. The Morgan fingerprint density at radius 3 is 2.36 bits per heavy atom. The van der Waals surface area contributed by atoms with E-state index in [9.17, 15) is 4.79 Å². The van der Waals surface area contributed by atoms with Crippen LogP contribution in [0.15, 0.2) is 41.0 Å². The van der Waals surface area contributed by atoms with Gasteiger partial charge in [-0.05, 0) is 21.5 Å². The Kier molecular flexibility index (Phi) is 3.90. The summed E-state index contributed by atoms with van der Waals surface area (Å²) < 4.78 is 11.6. The predicted octanol–water partition coefficient (Wildman–Crippen LogP) is 4.43. The average Bonchev–Trinajstić information content (AvgIpc) is 2.90. The van der Waals surface area contributed by atoms with Crippen LogP contribution in [0.1, 0.15) is 10.4 Å². The van der Waals surface area contributed by atoms with Crippen molar-refractivity contribution in [1.82, 2.24) is 4.98 Å². The van der Waals surface area contributed by atoms with E-state index < -0.39 is 0 Å². The fraction of sp³-hybridized carbons (Fsp3) is 0.118. The second kappa shape index (κ2) is 5.85. The quantitative estimate of drug-likeness (QED) is 0.701. The van der Waals surface area contributed by atoms with Gasteiger partial charge in [-0.3, -0.25) is 4.79 Å². The van der Waals surface area contributed by atoms with Gasteiger partial charge in [-0.2, -0.15) is 0 Å². The number of hydrogen-bond acceptors (Lipinski definition) is 3. The number of hydrogen-bond donors (Lipinski definition) is 1. The highest BCUT2D eigenvalue weighted by Gasteiger charge is 2.21. The smallest absolute Gasteiger partial charge is 0.155 e. The van der Waals surface area contributed by atoms with Gasteiger partial charge in [0.25, 0.3) is 0 Å². The van der Waals surface area contributed by atoms with Crippen LogP contribution < -0.4 is 9.47 Å². The molecule has 0 spiro atoms. The number of rotatable bonds is 4. The third-order valence-electron chi connectivity index (χ3n) is 3.62. The van der Waals surface area contributed by atoms with E-state index in [1.807, 2.05) is 30.3 Å². The summed E-state index contributed by atoms with van der Waals surface area (Å²) in [7, 11) is 3.13. The van der Waals surface area contributed by atoms with Crippen LogP contribution in [0.3, 0.4) is 0 Å². The Bertz CT molecular complexity index is 840. The van der Waals surface area contributed by atoms with Crippen LogP contribution in [0.4, 0.5) is 0 Å². The monoisotopic (exact) mass is 359 g/mol. The highest BCUT2D eigenvalue weighted by Crippen LogP contribution is 2.44. The van der Waals surface area contributed by atoms with Crippen molar-refractivity contribution < 1.29 is 14.3 Å². The summed E-state index contributed by atoms with van der Waals surface area (Å²) in [5, 5.41) is 0.850. The lowest BCUT2D eigenvalue weighted by atomic mass is 10.0. The van der Waals surface area contributed by atoms with Crippen molar-refractivity contribution in [3.8, 4) is 22.6 Å². The minimum atomic E-state index is 0.473. The maximum Gasteiger partial charge on any atom is 0.155 e. The molecule has 2 aromatic carbocycles. The van der Waals surface area contributed by atoms with Gasteiger partial charge in [0.2, 0.25) is 0 Å². The number of methoxy groups -OCH3 is 2. The minimum absolute atomic E-state index is 0.473. The van der Waals surface area contributed by atoms with Gasteiger partial charge in [-0.25, -0.2) is 0 Å². The Balaban J connectivity index is 2.45. The molecule has 0 aliphatic carbocycles. The molecule has 5 heteroatoms. The van der Waals surface area contributed by atoms with Crippen LogP contribution >= 0.6 is 15.9 Å². The summed E-state index contributed by atoms with van der Waals surface area (Å²) in [6.07, 6.45) is 0.790. The minimum Gasteiger partial charge on any atom is -0.496 e. The lowest BCUT2D eigenvalue weighted by Crippen LogP contribution is -1.95. The van der Waals surface area contributed by atoms with E-state index in [4.69, 9.17) is 9.47 Å². The summed E-state index contributed by atoms with van der Waals surface area (Å²) in [5.41, 5.74) is 3.15. The molecule has 0 fully saturated rings. The van der Waals surface area contributed by atoms with Gasteiger partial charge in [-0.1, -0.05) is 30.3 Å². The van der Waals surface area contributed by atoms with E-state index in [0.717, 1.165) is 27.4 Å².